The maximum atomic E-state index is 12.8. The first kappa shape index (κ1) is 20.0. The van der Waals surface area contributed by atoms with Crippen LogP contribution >= 0.6 is 0 Å². The molecule has 0 heterocycles. The van der Waals surface area contributed by atoms with Crippen LogP contribution in [-0.4, -0.2) is 32.2 Å². The molecule has 8 heteroatoms. The lowest BCUT2D eigenvalue weighted by Crippen LogP contribution is -2.15. The normalized spacial score (nSPS) is 10.3. The van der Waals surface area contributed by atoms with Crippen molar-refractivity contribution >= 4 is 17.3 Å². The second-order valence-electron chi connectivity index (χ2n) is 5.78. The zero-order valence-corrected chi connectivity index (χ0v) is 15.9. The lowest BCUT2D eigenvalue weighted by atomic mass is 10.0. The topological polar surface area (TPSA) is 99.9 Å². The van der Waals surface area contributed by atoms with Gasteiger partial charge in [-0.2, -0.15) is 0 Å². The number of aryl methyl sites for hydroxylation is 2. The Hall–Kier alpha value is -3.29. The van der Waals surface area contributed by atoms with Gasteiger partial charge < -0.3 is 19.5 Å². The molecule has 27 heavy (non-hydrogen) atoms. The monoisotopic (exact) mass is 374 g/mol. The number of nitrogens with one attached hydrogen (secondary N) is 1. The van der Waals surface area contributed by atoms with Gasteiger partial charge in [-0.3, -0.25) is 14.9 Å². The minimum atomic E-state index is -0.447. The molecule has 0 aliphatic rings. The molecule has 1 N–H and O–H groups in total. The van der Waals surface area contributed by atoms with E-state index in [1.807, 2.05) is 6.92 Å². The number of carbonyl (C=O) groups excluding carboxylic acids is 1. The van der Waals surface area contributed by atoms with E-state index in [1.54, 1.807) is 19.1 Å². The van der Waals surface area contributed by atoms with Gasteiger partial charge in [-0.1, -0.05) is 6.92 Å². The molecule has 2 aromatic carbocycles. The van der Waals surface area contributed by atoms with E-state index in [2.05, 4.69) is 5.32 Å². The minimum Gasteiger partial charge on any atom is -0.493 e. The summed E-state index contributed by atoms with van der Waals surface area (Å²) in [5.74, 6) is 0.717. The summed E-state index contributed by atoms with van der Waals surface area (Å²) in [6, 6.07) is 5.99. The van der Waals surface area contributed by atoms with Crippen LogP contribution in [0.15, 0.2) is 24.3 Å². The molecule has 1 amide bonds. The fourth-order valence-corrected chi connectivity index (χ4v) is 2.80. The van der Waals surface area contributed by atoms with E-state index in [1.165, 1.54) is 33.5 Å². The van der Waals surface area contributed by atoms with Crippen molar-refractivity contribution in [1.82, 2.24) is 0 Å². The summed E-state index contributed by atoms with van der Waals surface area (Å²) in [4.78, 5) is 23.4. The second kappa shape index (κ2) is 8.39. The molecular weight excluding hydrogens is 352 g/mol. The lowest BCUT2D eigenvalue weighted by molar-refractivity contribution is -0.384. The number of nitro groups is 1. The number of rotatable bonds is 7. The third kappa shape index (κ3) is 4.11. The number of ether oxygens (including phenoxy) is 3. The first-order valence-electron chi connectivity index (χ1n) is 8.25. The highest BCUT2D eigenvalue weighted by atomic mass is 16.6. The van der Waals surface area contributed by atoms with Gasteiger partial charge in [-0.05, 0) is 36.6 Å². The Balaban J connectivity index is 2.45. The number of anilines is 1. The standard InChI is InChI=1S/C19H22N2O6/c1-6-12-8-14(21(23)24)7-11(2)17(12)20-19(22)13-9-15(25-3)18(27-5)16(10-13)26-4/h7-10H,6H2,1-5H3,(H,20,22). The number of methoxy groups -OCH3 is 3. The van der Waals surface area contributed by atoms with Crippen molar-refractivity contribution in [2.75, 3.05) is 26.6 Å². The van der Waals surface area contributed by atoms with Crippen LogP contribution in [0.5, 0.6) is 17.2 Å². The molecule has 0 fully saturated rings. The number of benzene rings is 2. The van der Waals surface area contributed by atoms with E-state index in [0.717, 1.165) is 0 Å². The molecule has 0 atom stereocenters. The van der Waals surface area contributed by atoms with Gasteiger partial charge in [-0.15, -0.1) is 0 Å². The molecule has 0 aliphatic carbocycles. The average molecular weight is 374 g/mol. The number of amides is 1. The summed E-state index contributed by atoms with van der Waals surface area (Å²) in [5.41, 5.74) is 2.16. The number of hydrogen-bond donors (Lipinski definition) is 1. The van der Waals surface area contributed by atoms with Crippen molar-refractivity contribution in [2.45, 2.75) is 20.3 Å². The number of nitrogens with zero attached hydrogens (tertiary/aromatic N) is 1. The highest BCUT2D eigenvalue weighted by Crippen LogP contribution is 2.38. The van der Waals surface area contributed by atoms with E-state index in [-0.39, 0.29) is 11.6 Å². The van der Waals surface area contributed by atoms with E-state index in [9.17, 15) is 14.9 Å². The molecule has 0 unspecified atom stereocenters. The first-order valence-corrected chi connectivity index (χ1v) is 8.25. The highest BCUT2D eigenvalue weighted by molar-refractivity contribution is 6.06. The van der Waals surface area contributed by atoms with Crippen molar-refractivity contribution in [3.63, 3.8) is 0 Å². The quantitative estimate of drug-likeness (QED) is 0.585. The summed E-state index contributed by atoms with van der Waals surface area (Å²) in [6.45, 7) is 3.59. The third-order valence-electron chi connectivity index (χ3n) is 4.16. The number of hydrogen-bond acceptors (Lipinski definition) is 6. The molecule has 2 aromatic rings. The van der Waals surface area contributed by atoms with Gasteiger partial charge in [0, 0.05) is 23.4 Å². The van der Waals surface area contributed by atoms with Crippen LogP contribution in [0.2, 0.25) is 0 Å². The molecule has 0 aromatic heterocycles. The van der Waals surface area contributed by atoms with Gasteiger partial charge in [0.05, 0.1) is 26.3 Å². The van der Waals surface area contributed by atoms with E-state index in [4.69, 9.17) is 14.2 Å². The molecule has 0 saturated carbocycles. The van der Waals surface area contributed by atoms with Gasteiger partial charge >= 0.3 is 0 Å². The van der Waals surface area contributed by atoms with Crippen molar-refractivity contribution < 1.29 is 23.9 Å². The summed E-state index contributed by atoms with van der Waals surface area (Å²) in [7, 11) is 4.41. The zero-order chi connectivity index (χ0) is 20.1. The minimum absolute atomic E-state index is 0.00450. The predicted octanol–water partition coefficient (Wildman–Crippen LogP) is 3.74. The number of carbonyl (C=O) groups is 1. The Morgan fingerprint density at radius 3 is 2.11 bits per heavy atom. The van der Waals surface area contributed by atoms with Crippen molar-refractivity contribution in [1.29, 1.82) is 0 Å². The summed E-state index contributed by atoms with van der Waals surface area (Å²) in [6.07, 6.45) is 0.535. The fourth-order valence-electron chi connectivity index (χ4n) is 2.80. The molecule has 2 rings (SSSR count). The summed E-state index contributed by atoms with van der Waals surface area (Å²) in [5, 5.41) is 13.9. The van der Waals surface area contributed by atoms with Crippen LogP contribution in [0.4, 0.5) is 11.4 Å². The second-order valence-corrected chi connectivity index (χ2v) is 5.78. The van der Waals surface area contributed by atoms with Gasteiger partial charge in [0.1, 0.15) is 0 Å². The predicted molar refractivity (Wildman–Crippen MR) is 101 cm³/mol. The van der Waals surface area contributed by atoms with Crippen LogP contribution in [0.1, 0.15) is 28.4 Å². The Kier molecular flexibility index (Phi) is 6.23. The van der Waals surface area contributed by atoms with E-state index >= 15 is 0 Å². The highest BCUT2D eigenvalue weighted by Gasteiger charge is 2.20. The molecule has 0 radical (unpaired) electrons. The Bertz CT molecular complexity index is 854. The van der Waals surface area contributed by atoms with Crippen LogP contribution in [0, 0.1) is 17.0 Å². The molecule has 0 spiro atoms. The molecular formula is C19H22N2O6. The van der Waals surface area contributed by atoms with Crippen molar-refractivity contribution in [3.05, 3.63) is 51.1 Å². The van der Waals surface area contributed by atoms with Crippen LogP contribution in [-0.2, 0) is 6.42 Å². The van der Waals surface area contributed by atoms with E-state index in [0.29, 0.717) is 46.0 Å². The van der Waals surface area contributed by atoms with Gasteiger partial charge in [0.2, 0.25) is 5.75 Å². The van der Waals surface area contributed by atoms with E-state index < -0.39 is 4.92 Å². The molecule has 0 saturated heterocycles. The Morgan fingerprint density at radius 2 is 1.67 bits per heavy atom. The van der Waals surface area contributed by atoms with Crippen molar-refractivity contribution in [3.8, 4) is 17.2 Å². The molecule has 8 nitrogen and oxygen atoms in total. The summed E-state index contributed by atoms with van der Waals surface area (Å²) >= 11 is 0. The first-order chi connectivity index (χ1) is 12.9. The average Bonchev–Trinajstić information content (AvgIpc) is 2.67. The smallest absolute Gasteiger partial charge is 0.270 e. The molecule has 144 valence electrons. The number of nitro benzene ring substituents is 1. The largest absolute Gasteiger partial charge is 0.493 e. The van der Waals surface area contributed by atoms with Crippen LogP contribution in [0.25, 0.3) is 0 Å². The lowest BCUT2D eigenvalue weighted by Gasteiger charge is -2.16. The number of non-ortho nitro benzene ring substituents is 1. The molecule has 0 aliphatic heterocycles. The molecule has 0 bridgehead atoms. The third-order valence-corrected chi connectivity index (χ3v) is 4.16. The Morgan fingerprint density at radius 1 is 1.07 bits per heavy atom. The SMILES string of the molecule is CCc1cc([N+](=O)[O-])cc(C)c1NC(=O)c1cc(OC)c(OC)c(OC)c1. The Labute approximate surface area is 157 Å². The maximum Gasteiger partial charge on any atom is 0.270 e. The maximum absolute atomic E-state index is 12.8. The summed E-state index contributed by atoms with van der Waals surface area (Å²) < 4.78 is 15.8. The zero-order valence-electron chi connectivity index (χ0n) is 15.9. The van der Waals surface area contributed by atoms with Crippen molar-refractivity contribution in [2.24, 2.45) is 0 Å². The fraction of sp³-hybridized carbons (Fsp3) is 0.316. The van der Waals surface area contributed by atoms with Gasteiger partial charge in [0.15, 0.2) is 11.5 Å². The van der Waals surface area contributed by atoms with Crippen LogP contribution in [0.3, 0.4) is 0 Å². The van der Waals surface area contributed by atoms with Crippen LogP contribution < -0.4 is 19.5 Å². The van der Waals surface area contributed by atoms with Gasteiger partial charge in [0.25, 0.3) is 11.6 Å². The van der Waals surface area contributed by atoms with Gasteiger partial charge in [-0.25, -0.2) is 0 Å².